The molecule has 0 spiro atoms. The number of rotatable bonds is 77. The molecule has 0 fully saturated rings. The molecule has 4 N–H and O–H groups in total. The molecular weight excluding hydrogens is 1410 g/mol. The summed E-state index contributed by atoms with van der Waals surface area (Å²) in [6, 6.07) is 0. The second kappa shape index (κ2) is 81.9. The maximum absolute atomic E-state index is 13.0. The van der Waals surface area contributed by atoms with E-state index < -0.39 is 91.5 Å². The minimum atomic E-state index is -4.97. The van der Waals surface area contributed by atoms with Crippen LogP contribution in [0.1, 0.15) is 303 Å². The molecule has 5 atom stereocenters. The van der Waals surface area contributed by atoms with Gasteiger partial charge in [-0.25, -0.2) is 9.13 Å². The summed E-state index contributed by atoms with van der Waals surface area (Å²) in [6.07, 6.45) is 108. The van der Waals surface area contributed by atoms with Crippen molar-refractivity contribution >= 4 is 33.6 Å². The van der Waals surface area contributed by atoms with E-state index in [4.69, 9.17) is 32.3 Å². The van der Waals surface area contributed by atoms with E-state index in [1.165, 1.54) is 103 Å². The van der Waals surface area contributed by atoms with E-state index >= 15 is 0 Å². The van der Waals surface area contributed by atoms with Gasteiger partial charge in [0, 0.05) is 19.3 Å². The normalized spacial score (nSPS) is 14.9. The molecule has 0 aromatic carbocycles. The van der Waals surface area contributed by atoms with Crippen LogP contribution in [0.3, 0.4) is 0 Å². The van der Waals surface area contributed by atoms with Gasteiger partial charge in [-0.1, -0.05) is 324 Å². The maximum Gasteiger partial charge on any atom is 0.472 e. The first kappa shape index (κ1) is 103. The van der Waals surface area contributed by atoms with Crippen LogP contribution in [0.4, 0.5) is 0 Å². The fourth-order valence-corrected chi connectivity index (χ4v) is 12.2. The average molecular weight is 1560 g/mol. The molecule has 0 aliphatic carbocycles. The molecule has 109 heavy (non-hydrogen) atoms. The number of phosphoric ester groups is 2. The molecule has 18 heteroatoms. The topological polar surface area (TPSA) is 231 Å². The Balaban J connectivity index is 4.52. The predicted molar refractivity (Wildman–Crippen MR) is 454 cm³/mol. The van der Waals surface area contributed by atoms with Crippen LogP contribution in [0.25, 0.3) is 0 Å². The summed E-state index contributed by atoms with van der Waals surface area (Å²) in [5.74, 6) is -1.70. The highest BCUT2D eigenvalue weighted by atomic mass is 31.2. The lowest BCUT2D eigenvalue weighted by Gasteiger charge is -2.21. The number of aliphatic hydroxyl groups is 2. The third-order valence-electron chi connectivity index (χ3n) is 16.8. The standard InChI is InChI=1S/C91H148O16P2/c1-4-7-10-13-16-19-22-25-28-31-33-35-36-37-38-39-40-41-42-43-44-45-46-47-48-50-52-54-56-59-62-65-68-71-74-77-89(94)101-80-86(92)81-103-108(97,98)104-82-87(93)83-105-109(99,100)106-85-88(107-91(96)79-76-73-70-67-64-61-58-53-30-27-24-21-18-15-12-9-6-3)84-102-90(95)78-75-72-69-66-63-60-57-55-51-49-34-32-29-26-23-20-17-14-11-8-5-2/h7-12,16-21,25-30,33-35,37-38,49,55,57-58,61,63,66-67,70,86-88,92-93H,4-6,13-15,22-24,31-32,36,39-48,50-54,56,59-60,62,64-65,68-69,71-85H2,1-3H3,(H,97,98)(H,99,100)/b10-7-,11-8-,12-9-,19-16-,20-17-,21-18-,28-25-,29-26-,30-27-,35-33-,38-37-,49-34-,57-55-,61-58-,66-63-,70-67-. The fraction of sp³-hybridized carbons (Fsp3) is 0.615. The minimum Gasteiger partial charge on any atom is -0.463 e. The third-order valence-corrected chi connectivity index (χ3v) is 18.7. The lowest BCUT2D eigenvalue weighted by molar-refractivity contribution is -0.161. The molecule has 0 amide bonds. The quantitative estimate of drug-likeness (QED) is 0.0146. The zero-order valence-corrected chi connectivity index (χ0v) is 69.4. The van der Waals surface area contributed by atoms with Gasteiger partial charge < -0.3 is 34.2 Å². The molecule has 5 unspecified atom stereocenters. The van der Waals surface area contributed by atoms with E-state index in [-0.39, 0.29) is 19.3 Å². The number of phosphoric acid groups is 2. The van der Waals surface area contributed by atoms with Gasteiger partial charge in [0.05, 0.1) is 26.4 Å². The molecular formula is C91H148O16P2. The van der Waals surface area contributed by atoms with E-state index in [2.05, 4.69) is 203 Å². The van der Waals surface area contributed by atoms with Crippen molar-refractivity contribution in [3.05, 3.63) is 194 Å². The monoisotopic (exact) mass is 1560 g/mol. The smallest absolute Gasteiger partial charge is 0.463 e. The number of unbranched alkanes of at least 4 members (excludes halogenated alkanes) is 22. The highest BCUT2D eigenvalue weighted by Gasteiger charge is 2.29. The van der Waals surface area contributed by atoms with Gasteiger partial charge in [0.25, 0.3) is 0 Å². The Kier molecular flexibility index (Phi) is 77.7. The number of carbonyl (C=O) groups excluding carboxylic acids is 3. The van der Waals surface area contributed by atoms with Crippen molar-refractivity contribution in [1.82, 2.24) is 0 Å². The summed E-state index contributed by atoms with van der Waals surface area (Å²) in [4.78, 5) is 58.7. The van der Waals surface area contributed by atoms with Crippen molar-refractivity contribution in [3.63, 3.8) is 0 Å². The van der Waals surface area contributed by atoms with E-state index in [0.29, 0.717) is 25.7 Å². The lowest BCUT2D eigenvalue weighted by Crippen LogP contribution is -2.30. The van der Waals surface area contributed by atoms with Gasteiger partial charge in [-0.2, -0.15) is 0 Å². The van der Waals surface area contributed by atoms with Gasteiger partial charge in [-0.15, -0.1) is 0 Å². The zero-order chi connectivity index (χ0) is 79.4. The van der Waals surface area contributed by atoms with Crippen LogP contribution in [0.5, 0.6) is 0 Å². The van der Waals surface area contributed by atoms with Crippen LogP contribution in [-0.2, 0) is 55.8 Å². The van der Waals surface area contributed by atoms with Crippen LogP contribution < -0.4 is 0 Å². The highest BCUT2D eigenvalue weighted by Crippen LogP contribution is 2.45. The molecule has 0 bridgehead atoms. The number of allylic oxidation sites excluding steroid dienone is 32. The van der Waals surface area contributed by atoms with Crippen LogP contribution in [0.15, 0.2) is 194 Å². The van der Waals surface area contributed by atoms with Crippen LogP contribution in [0.2, 0.25) is 0 Å². The van der Waals surface area contributed by atoms with Crippen molar-refractivity contribution < 1.29 is 75.8 Å². The van der Waals surface area contributed by atoms with E-state index in [9.17, 15) is 43.5 Å². The lowest BCUT2D eigenvalue weighted by atomic mass is 10.0. The predicted octanol–water partition coefficient (Wildman–Crippen LogP) is 25.1. The Morgan fingerprint density at radius 1 is 0.257 bits per heavy atom. The molecule has 0 rings (SSSR count). The van der Waals surface area contributed by atoms with Crippen LogP contribution in [0, 0.1) is 0 Å². The van der Waals surface area contributed by atoms with Gasteiger partial charge in [0.2, 0.25) is 0 Å². The first-order valence-corrected chi connectivity index (χ1v) is 44.7. The van der Waals surface area contributed by atoms with Crippen molar-refractivity contribution in [2.24, 2.45) is 0 Å². The number of aliphatic hydroxyl groups excluding tert-OH is 2. The molecule has 0 radical (unpaired) electrons. The second-order valence-corrected chi connectivity index (χ2v) is 30.0. The summed E-state index contributed by atoms with van der Waals surface area (Å²) in [5.41, 5.74) is 0. The zero-order valence-electron chi connectivity index (χ0n) is 67.6. The summed E-state index contributed by atoms with van der Waals surface area (Å²) in [7, 11) is -9.84. The number of hydrogen-bond acceptors (Lipinski definition) is 14. The first-order valence-electron chi connectivity index (χ1n) is 41.7. The first-order chi connectivity index (χ1) is 53.2. The number of carbonyl (C=O) groups is 3. The van der Waals surface area contributed by atoms with Crippen molar-refractivity contribution in [2.45, 2.75) is 322 Å². The Labute approximate surface area is 661 Å². The van der Waals surface area contributed by atoms with Gasteiger partial charge >= 0.3 is 33.6 Å². The number of hydrogen-bond donors (Lipinski definition) is 4. The summed E-state index contributed by atoms with van der Waals surface area (Å²) < 4.78 is 61.1. The Morgan fingerprint density at radius 2 is 0.468 bits per heavy atom. The highest BCUT2D eigenvalue weighted by molar-refractivity contribution is 7.47. The SMILES string of the molecule is CC/C=C\C/C=C\C/C=C\C/C=C\C/C=C\C/C=C\CCCCC(=O)OCC(COP(=O)(O)OCC(O)COP(=O)(O)OCC(O)COC(=O)CCCCCCCCCCCCCCCCCCCCC/C=C\C/C=C\C/C=C\C/C=C\C/C=C\CC)OC(=O)CCC/C=C\C/C=C\C/C=C\C/C=C\C/C=C\CC. The Bertz CT molecular complexity index is 2760. The maximum atomic E-state index is 13.0. The molecule has 0 aliphatic rings. The minimum absolute atomic E-state index is 0.00915. The Hall–Kier alpha value is -5.61. The van der Waals surface area contributed by atoms with Crippen LogP contribution in [-0.4, -0.2) is 95.9 Å². The average Bonchev–Trinajstić information content (AvgIpc) is 0.903. The third kappa shape index (κ3) is 83.2. The Morgan fingerprint density at radius 3 is 0.771 bits per heavy atom. The summed E-state index contributed by atoms with van der Waals surface area (Å²) >= 11 is 0. The van der Waals surface area contributed by atoms with Gasteiger partial charge in [-0.3, -0.25) is 32.5 Å². The van der Waals surface area contributed by atoms with E-state index in [0.717, 1.165) is 135 Å². The van der Waals surface area contributed by atoms with Crippen molar-refractivity contribution in [3.8, 4) is 0 Å². The van der Waals surface area contributed by atoms with Crippen LogP contribution >= 0.6 is 15.6 Å². The van der Waals surface area contributed by atoms with E-state index in [1.807, 2.05) is 12.2 Å². The fourth-order valence-electron chi connectivity index (χ4n) is 10.6. The van der Waals surface area contributed by atoms with Gasteiger partial charge in [0.15, 0.2) is 6.10 Å². The molecule has 0 saturated carbocycles. The summed E-state index contributed by atoms with van der Waals surface area (Å²) in [6.45, 7) is 2.21. The number of ether oxygens (including phenoxy) is 3. The van der Waals surface area contributed by atoms with E-state index in [1.54, 1.807) is 0 Å². The van der Waals surface area contributed by atoms with Gasteiger partial charge in [-0.05, 0) is 154 Å². The molecule has 0 aromatic rings. The summed E-state index contributed by atoms with van der Waals surface area (Å²) in [5, 5.41) is 20.7. The molecule has 16 nitrogen and oxygen atoms in total. The molecule has 618 valence electrons. The van der Waals surface area contributed by atoms with Gasteiger partial charge in [0.1, 0.15) is 25.4 Å². The molecule has 0 saturated heterocycles. The second-order valence-electron chi connectivity index (χ2n) is 27.1. The molecule has 0 aromatic heterocycles. The van der Waals surface area contributed by atoms with Crippen molar-refractivity contribution in [1.29, 1.82) is 0 Å². The molecule has 0 aliphatic heterocycles. The number of esters is 3. The largest absolute Gasteiger partial charge is 0.472 e. The molecule has 0 heterocycles. The van der Waals surface area contributed by atoms with Crippen molar-refractivity contribution in [2.75, 3.05) is 39.6 Å².